The number of rotatable bonds is 47. The van der Waals surface area contributed by atoms with Crippen molar-refractivity contribution < 1.29 is 266 Å². The summed E-state index contributed by atoms with van der Waals surface area (Å²) in [6, 6.07) is 5.91. The van der Waals surface area contributed by atoms with Gasteiger partial charge < -0.3 is 33.2 Å². The third-order valence-electron chi connectivity index (χ3n) is 16.6. The average Bonchev–Trinajstić information content (AvgIpc) is 0.726. The van der Waals surface area contributed by atoms with Crippen molar-refractivity contribution in [1.82, 2.24) is 0 Å². The van der Waals surface area contributed by atoms with Crippen LogP contribution in [-0.2, 0) is 18.0 Å². The van der Waals surface area contributed by atoms with Gasteiger partial charge in [0.15, 0.2) is 0 Å². The number of halogens is 52. The Hall–Kier alpha value is -7.71. The van der Waals surface area contributed by atoms with Crippen LogP contribution >= 0.6 is 0 Å². The van der Waals surface area contributed by atoms with Crippen LogP contribution in [0.4, 0.5) is 228 Å². The zero-order valence-corrected chi connectivity index (χ0v) is 58.8. The molecule has 3 aromatic carbocycles. The van der Waals surface area contributed by atoms with Crippen molar-refractivity contribution in [2.75, 3.05) is 33.5 Å². The van der Waals surface area contributed by atoms with Gasteiger partial charge in [-0.2, -0.15) is 228 Å². The molecule has 0 aliphatic heterocycles. The summed E-state index contributed by atoms with van der Waals surface area (Å²) in [5, 5.41) is 0. The molecule has 0 unspecified atom stereocenters. The average molecular weight is 1910 g/mol. The van der Waals surface area contributed by atoms with Crippen LogP contribution in [0.3, 0.4) is 0 Å². The van der Waals surface area contributed by atoms with Crippen molar-refractivity contribution in [3.63, 3.8) is 0 Å². The van der Waals surface area contributed by atoms with E-state index < -0.39 is 317 Å². The number of hydrogen-bond acceptors (Lipinski definition) is 8. The number of carbonyl (C=O) groups excluding carboxylic acids is 1. The minimum absolute atomic E-state index is 0.516. The van der Waals surface area contributed by atoms with Crippen LogP contribution in [-0.4, -0.2) is 183 Å². The van der Waals surface area contributed by atoms with Gasteiger partial charge in [0.1, 0.15) is 47.7 Å². The molecule has 0 N–H and O–H groups in total. The van der Waals surface area contributed by atoms with E-state index in [-0.39, 0.29) is 0 Å². The quantitative estimate of drug-likeness (QED) is 0.0314. The number of esters is 1. The van der Waals surface area contributed by atoms with Crippen molar-refractivity contribution >= 4 is 5.97 Å². The summed E-state index contributed by atoms with van der Waals surface area (Å²) >= 11 is 0. The Balaban J connectivity index is 2.09. The Morgan fingerprint density at radius 1 is 0.213 bits per heavy atom. The number of alkyl halides is 52. The predicted octanol–water partition coefficient (Wildman–Crippen LogP) is 25.8. The Morgan fingerprint density at radius 3 is 0.541 bits per heavy atom. The Morgan fingerprint density at radius 2 is 0.377 bits per heavy atom. The highest BCUT2D eigenvalue weighted by atomic mass is 19.5. The monoisotopic (exact) mass is 1910 g/mol. The summed E-state index contributed by atoms with van der Waals surface area (Å²) in [5.74, 6) is -162. The lowest BCUT2D eigenvalue weighted by Gasteiger charge is -2.39. The second kappa shape index (κ2) is 35.6. The van der Waals surface area contributed by atoms with E-state index in [9.17, 15) is 233 Å². The molecule has 0 radical (unpaired) electrons. The first-order valence-electron chi connectivity index (χ1n) is 32.2. The molecular weight excluding hydrogens is 1860 g/mol. The van der Waals surface area contributed by atoms with Gasteiger partial charge in [0, 0.05) is 43.9 Å². The van der Waals surface area contributed by atoms with E-state index in [1.54, 1.807) is 0 Å². The highest BCUT2D eigenvalue weighted by Gasteiger charge is 2.95. The minimum atomic E-state index is -8.32. The molecule has 60 heteroatoms. The zero-order chi connectivity index (χ0) is 95.8. The molecule has 0 bridgehead atoms. The Labute approximate surface area is 644 Å². The number of hydrogen-bond donors (Lipinski definition) is 0. The molecule has 0 amide bonds. The van der Waals surface area contributed by atoms with Gasteiger partial charge >= 0.3 is 149 Å². The van der Waals surface area contributed by atoms with E-state index in [2.05, 4.69) is 4.74 Å². The van der Waals surface area contributed by atoms with Crippen LogP contribution in [0.25, 0.3) is 0 Å². The molecule has 122 heavy (non-hydrogen) atoms. The molecule has 0 aliphatic carbocycles. The second-order valence-electron chi connectivity index (χ2n) is 25.6. The highest BCUT2D eigenvalue weighted by Crippen LogP contribution is 2.66. The largest absolute Gasteiger partial charge is 0.493 e. The molecule has 0 spiro atoms. The van der Waals surface area contributed by atoms with Crippen molar-refractivity contribution in [1.29, 1.82) is 0 Å². The molecule has 708 valence electrons. The van der Waals surface area contributed by atoms with Gasteiger partial charge in [-0.3, -0.25) is 0 Å². The molecular formula is C62H48F52O8. The summed E-state index contributed by atoms with van der Waals surface area (Å²) in [6.45, 7) is -7.22. The topological polar surface area (TPSA) is 81.7 Å². The van der Waals surface area contributed by atoms with Gasteiger partial charge in [-0.05, 0) is 98.9 Å². The number of carbonyl (C=O) groups is 1. The van der Waals surface area contributed by atoms with Gasteiger partial charge in [0.25, 0.3) is 0 Å². The molecule has 0 saturated heterocycles. The Kier molecular flexibility index (Phi) is 31.7. The predicted molar refractivity (Wildman–Crippen MR) is 300 cm³/mol. The Bertz CT molecular complexity index is 3510. The molecule has 0 aromatic heterocycles. The first kappa shape index (κ1) is 108. The van der Waals surface area contributed by atoms with Gasteiger partial charge in [-0.25, -0.2) is 4.79 Å². The highest BCUT2D eigenvalue weighted by molar-refractivity contribution is 5.90. The summed E-state index contributed by atoms with van der Waals surface area (Å²) in [6.07, 6.45) is -54.1. The summed E-state index contributed by atoms with van der Waals surface area (Å²) < 4.78 is 747. The van der Waals surface area contributed by atoms with Crippen LogP contribution in [0.5, 0.6) is 34.5 Å². The van der Waals surface area contributed by atoms with Crippen LogP contribution < -0.4 is 28.4 Å². The number of methoxy groups -OCH3 is 1. The van der Waals surface area contributed by atoms with Crippen molar-refractivity contribution in [2.24, 2.45) is 0 Å². The third-order valence-corrected chi connectivity index (χ3v) is 16.6. The zero-order valence-electron chi connectivity index (χ0n) is 58.8. The molecule has 0 atom stereocenters. The SMILES string of the molecule is COC(=O)c1cc(OCc2cc(OCCCCC(F)(F)C(F)(F)C(F)(F)C(F)(F)C(F)(F)C(F)(F)F)cc(OCCCCC(F)(F)C(F)(F)C(F)(F)C(F)(F)C(F)(F)C(F)(F)F)c2)cc(OCc2cc(OCCCCC(F)(F)C(F)(F)C(F)(F)C(F)(F)C(F)(F)C(F)(F)F)cc(OCCCCC(F)(F)C(F)(F)C(F)(F)C(F)(F)C(F)(F)C(F)(F)F)c2)c1. The molecule has 0 aliphatic rings. The van der Waals surface area contributed by atoms with E-state index in [0.717, 1.165) is 0 Å². The smallest absolute Gasteiger partial charge is 0.460 e. The molecule has 0 saturated carbocycles. The lowest BCUT2D eigenvalue weighted by molar-refractivity contribution is -0.440. The number of unbranched alkanes of at least 4 members (excludes halogenated alkanes) is 4. The summed E-state index contributed by atoms with van der Waals surface area (Å²) in [4.78, 5) is 12.8. The van der Waals surface area contributed by atoms with Gasteiger partial charge in [0.05, 0.1) is 39.1 Å². The maximum atomic E-state index is 14.5. The summed E-state index contributed by atoms with van der Waals surface area (Å²) in [5.41, 5.74) is -1.74. The molecule has 0 fully saturated rings. The normalized spacial score (nSPS) is 15.1. The fourth-order valence-electron chi connectivity index (χ4n) is 9.46. The first-order chi connectivity index (χ1) is 54.1. The lowest BCUT2D eigenvalue weighted by Crippen LogP contribution is -2.70. The van der Waals surface area contributed by atoms with Crippen molar-refractivity contribution in [3.05, 3.63) is 71.3 Å². The van der Waals surface area contributed by atoms with Crippen molar-refractivity contribution in [3.8, 4) is 34.5 Å². The van der Waals surface area contributed by atoms with E-state index in [4.69, 9.17) is 28.4 Å². The third kappa shape index (κ3) is 20.5. The van der Waals surface area contributed by atoms with Crippen LogP contribution in [0.1, 0.15) is 98.5 Å². The van der Waals surface area contributed by atoms with Crippen LogP contribution in [0.2, 0.25) is 0 Å². The standard InChI is InChI=1S/C62H48F52O8/c1-116-38(115)31-22-36(121-27-29-18-32(117-14-6-2-10-39(63,64)43(71,72)47(79,80)51(87,88)55(95,96)59(103,104)105)24-33(19-29)118-15-7-3-11-40(65,66)44(73,74)48(81,82)52(89,90)56(97,98)60(106,107)108)26-37(23-31)122-28-30-20-34(119-16-8-4-12-41(67,68)45(75,76)49(83,84)53(91,92)57(99,100)61(109,110)111)25-35(21-30)120-17-9-5-13-42(69,70)46(77,78)50(85,86)54(93,94)58(101,102)62(112,113)114/h18-26H,2-17,27-28H2,1H3. The van der Waals surface area contributed by atoms with E-state index in [1.165, 1.54) is 0 Å². The summed E-state index contributed by atoms with van der Waals surface area (Å²) in [7, 11) is 0.663. The van der Waals surface area contributed by atoms with Crippen LogP contribution in [0.15, 0.2) is 54.6 Å². The maximum absolute atomic E-state index is 14.5. The van der Waals surface area contributed by atoms with E-state index in [1.807, 2.05) is 0 Å². The fraction of sp³-hybridized carbons (Fsp3) is 0.694. The number of benzene rings is 3. The molecule has 3 rings (SSSR count). The fourth-order valence-corrected chi connectivity index (χ4v) is 9.46. The molecule has 8 nitrogen and oxygen atoms in total. The second-order valence-corrected chi connectivity index (χ2v) is 25.6. The molecule has 0 heterocycles. The van der Waals surface area contributed by atoms with Gasteiger partial charge in [-0.1, -0.05) is 0 Å². The molecule has 3 aromatic rings. The lowest BCUT2D eigenvalue weighted by atomic mass is 9.92. The van der Waals surface area contributed by atoms with Gasteiger partial charge in [-0.15, -0.1) is 0 Å². The minimum Gasteiger partial charge on any atom is -0.493 e. The van der Waals surface area contributed by atoms with Crippen molar-refractivity contribution in [2.45, 2.75) is 233 Å². The van der Waals surface area contributed by atoms with E-state index >= 15 is 0 Å². The number of ether oxygens (including phenoxy) is 7. The van der Waals surface area contributed by atoms with Gasteiger partial charge in [0.2, 0.25) is 0 Å². The van der Waals surface area contributed by atoms with E-state index in [0.29, 0.717) is 61.7 Å². The van der Waals surface area contributed by atoms with Crippen LogP contribution in [0, 0.1) is 0 Å². The maximum Gasteiger partial charge on any atom is 0.460 e. The first-order valence-corrected chi connectivity index (χ1v) is 32.2.